The molecule has 1 aromatic rings. The van der Waals surface area contributed by atoms with Gasteiger partial charge < -0.3 is 4.98 Å². The molecule has 0 aliphatic heterocycles. The van der Waals surface area contributed by atoms with Crippen molar-refractivity contribution >= 4 is 5.57 Å². The van der Waals surface area contributed by atoms with Crippen LogP contribution in [-0.2, 0) is 0 Å². The minimum atomic E-state index is 0.954. The molecule has 10 heavy (non-hydrogen) atoms. The van der Waals surface area contributed by atoms with Crippen molar-refractivity contribution in [3.05, 3.63) is 23.8 Å². The van der Waals surface area contributed by atoms with E-state index in [0.717, 1.165) is 22.8 Å². The van der Waals surface area contributed by atoms with Crippen LogP contribution in [-0.4, -0.2) is 9.97 Å². The summed E-state index contributed by atoms with van der Waals surface area (Å²) in [5.41, 5.74) is 3.12. The third kappa shape index (κ3) is 1.10. The van der Waals surface area contributed by atoms with Crippen LogP contribution in [0.4, 0.5) is 0 Å². The Morgan fingerprint density at radius 1 is 1.50 bits per heavy atom. The number of imidazole rings is 1. The molecule has 1 heterocycles. The fourth-order valence-electron chi connectivity index (χ4n) is 1.03. The molecule has 0 aromatic carbocycles. The summed E-state index contributed by atoms with van der Waals surface area (Å²) in [7, 11) is 0. The zero-order valence-electron chi connectivity index (χ0n) is 6.65. The van der Waals surface area contributed by atoms with Gasteiger partial charge in [-0.25, -0.2) is 4.98 Å². The van der Waals surface area contributed by atoms with E-state index < -0.39 is 0 Å². The van der Waals surface area contributed by atoms with Crippen LogP contribution in [0.2, 0.25) is 0 Å². The van der Waals surface area contributed by atoms with Crippen LogP contribution in [0.25, 0.3) is 5.57 Å². The third-order valence-electron chi connectivity index (χ3n) is 1.41. The van der Waals surface area contributed by atoms with Gasteiger partial charge in [-0.3, -0.25) is 0 Å². The molecule has 54 valence electrons. The fraction of sp³-hybridized carbons (Fsp3) is 0.375. The summed E-state index contributed by atoms with van der Waals surface area (Å²) in [5, 5.41) is 0. The van der Waals surface area contributed by atoms with E-state index in [1.54, 1.807) is 0 Å². The van der Waals surface area contributed by atoms with Gasteiger partial charge >= 0.3 is 0 Å². The summed E-state index contributed by atoms with van der Waals surface area (Å²) in [4.78, 5) is 7.37. The van der Waals surface area contributed by atoms with E-state index in [1.807, 2.05) is 20.8 Å². The first-order valence-electron chi connectivity index (χ1n) is 3.30. The van der Waals surface area contributed by atoms with Gasteiger partial charge in [0.05, 0.1) is 5.69 Å². The van der Waals surface area contributed by atoms with Crippen LogP contribution in [0.15, 0.2) is 6.58 Å². The van der Waals surface area contributed by atoms with Gasteiger partial charge in [0, 0.05) is 5.69 Å². The second-order valence-electron chi connectivity index (χ2n) is 2.58. The number of allylic oxidation sites excluding steroid dienone is 1. The molecule has 0 aliphatic carbocycles. The number of aryl methyl sites for hydroxylation is 2. The van der Waals surface area contributed by atoms with Crippen molar-refractivity contribution < 1.29 is 0 Å². The average Bonchev–Trinajstić information content (AvgIpc) is 2.10. The van der Waals surface area contributed by atoms with E-state index in [9.17, 15) is 0 Å². The lowest BCUT2D eigenvalue weighted by atomic mass is 10.2. The van der Waals surface area contributed by atoms with Crippen LogP contribution in [0.1, 0.15) is 24.1 Å². The topological polar surface area (TPSA) is 28.7 Å². The maximum absolute atomic E-state index is 4.25. The van der Waals surface area contributed by atoms with Gasteiger partial charge in [-0.15, -0.1) is 0 Å². The Bertz CT molecular complexity index is 258. The molecule has 0 radical (unpaired) electrons. The largest absolute Gasteiger partial charge is 0.346 e. The fourth-order valence-corrected chi connectivity index (χ4v) is 1.03. The second kappa shape index (κ2) is 2.29. The molecule has 2 nitrogen and oxygen atoms in total. The highest BCUT2D eigenvalue weighted by Gasteiger charge is 2.02. The number of nitrogens with one attached hydrogen (secondary N) is 1. The van der Waals surface area contributed by atoms with E-state index in [1.165, 1.54) is 0 Å². The van der Waals surface area contributed by atoms with Crippen LogP contribution < -0.4 is 0 Å². The highest BCUT2D eigenvalue weighted by molar-refractivity contribution is 5.59. The molecule has 0 spiro atoms. The number of nitrogens with zero attached hydrogens (tertiary/aromatic N) is 1. The second-order valence-corrected chi connectivity index (χ2v) is 2.58. The molecular formula is C8H12N2. The number of rotatable bonds is 1. The number of H-pyrrole nitrogens is 1. The van der Waals surface area contributed by atoms with Crippen molar-refractivity contribution in [2.75, 3.05) is 0 Å². The van der Waals surface area contributed by atoms with E-state index >= 15 is 0 Å². The number of hydrogen-bond donors (Lipinski definition) is 1. The lowest BCUT2D eigenvalue weighted by Gasteiger charge is -1.91. The molecule has 0 fully saturated rings. The highest BCUT2D eigenvalue weighted by atomic mass is 14.9. The Kier molecular flexibility index (Phi) is 1.62. The molecule has 0 unspecified atom stereocenters. The molecule has 1 N–H and O–H groups in total. The Hall–Kier alpha value is -1.05. The minimum Gasteiger partial charge on any atom is -0.346 e. The number of aromatic nitrogens is 2. The van der Waals surface area contributed by atoms with Crippen molar-refractivity contribution in [3.63, 3.8) is 0 Å². The van der Waals surface area contributed by atoms with Gasteiger partial charge in [-0.1, -0.05) is 6.58 Å². The maximum atomic E-state index is 4.25. The van der Waals surface area contributed by atoms with Gasteiger partial charge in [0.25, 0.3) is 0 Å². The smallest absolute Gasteiger partial charge is 0.103 e. The number of hydrogen-bond acceptors (Lipinski definition) is 1. The normalized spacial score (nSPS) is 9.90. The highest BCUT2D eigenvalue weighted by Crippen LogP contribution is 2.12. The first-order chi connectivity index (χ1) is 4.61. The lowest BCUT2D eigenvalue weighted by Crippen LogP contribution is -1.80. The summed E-state index contributed by atoms with van der Waals surface area (Å²) in [5.74, 6) is 0.954. The molecule has 0 saturated heterocycles. The molecule has 1 rings (SSSR count). The maximum Gasteiger partial charge on any atom is 0.103 e. The summed E-state index contributed by atoms with van der Waals surface area (Å²) in [6.45, 7) is 9.73. The number of aromatic amines is 1. The summed E-state index contributed by atoms with van der Waals surface area (Å²) in [6, 6.07) is 0. The van der Waals surface area contributed by atoms with Crippen LogP contribution in [0.3, 0.4) is 0 Å². The first-order valence-corrected chi connectivity index (χ1v) is 3.30. The monoisotopic (exact) mass is 136 g/mol. The van der Waals surface area contributed by atoms with E-state index in [2.05, 4.69) is 16.5 Å². The molecule has 0 atom stereocenters. The van der Waals surface area contributed by atoms with Gasteiger partial charge in [-0.05, 0) is 26.3 Å². The zero-order chi connectivity index (χ0) is 7.72. The Labute approximate surface area is 61.0 Å². The van der Waals surface area contributed by atoms with Crippen LogP contribution >= 0.6 is 0 Å². The van der Waals surface area contributed by atoms with Crippen LogP contribution in [0, 0.1) is 13.8 Å². The van der Waals surface area contributed by atoms with Gasteiger partial charge in [0.1, 0.15) is 5.82 Å². The Morgan fingerprint density at radius 3 is 2.30 bits per heavy atom. The van der Waals surface area contributed by atoms with E-state index in [0.29, 0.717) is 0 Å². The molecule has 0 amide bonds. The summed E-state index contributed by atoms with van der Waals surface area (Å²) < 4.78 is 0. The molecule has 0 saturated carbocycles. The predicted molar refractivity (Wildman–Crippen MR) is 42.8 cm³/mol. The van der Waals surface area contributed by atoms with Gasteiger partial charge in [0.2, 0.25) is 0 Å². The molecular weight excluding hydrogens is 124 g/mol. The minimum absolute atomic E-state index is 0.954. The summed E-state index contributed by atoms with van der Waals surface area (Å²) >= 11 is 0. The standard InChI is InChI=1S/C8H12N2/c1-5(2)8-6(3)9-7(4)10-8/h1H2,2-4H3,(H,9,10). The van der Waals surface area contributed by atoms with E-state index in [-0.39, 0.29) is 0 Å². The SMILES string of the molecule is C=C(C)c1nc(C)[nH]c1C. The average molecular weight is 136 g/mol. The van der Waals surface area contributed by atoms with Crippen molar-refractivity contribution in [2.45, 2.75) is 20.8 Å². The van der Waals surface area contributed by atoms with Crippen molar-refractivity contribution in [3.8, 4) is 0 Å². The third-order valence-corrected chi connectivity index (χ3v) is 1.41. The first kappa shape index (κ1) is 7.06. The molecule has 2 heteroatoms. The van der Waals surface area contributed by atoms with Gasteiger partial charge in [0.15, 0.2) is 0 Å². The quantitative estimate of drug-likeness (QED) is 0.629. The molecule has 1 aromatic heterocycles. The summed E-state index contributed by atoms with van der Waals surface area (Å²) in [6.07, 6.45) is 0. The zero-order valence-corrected chi connectivity index (χ0v) is 6.65. The predicted octanol–water partition coefficient (Wildman–Crippen LogP) is 2.06. The molecule has 0 aliphatic rings. The van der Waals surface area contributed by atoms with Crippen molar-refractivity contribution in [2.24, 2.45) is 0 Å². The Balaban J connectivity index is 3.15. The van der Waals surface area contributed by atoms with Crippen molar-refractivity contribution in [1.82, 2.24) is 9.97 Å². The molecule has 0 bridgehead atoms. The lowest BCUT2D eigenvalue weighted by molar-refractivity contribution is 1.13. The van der Waals surface area contributed by atoms with Gasteiger partial charge in [-0.2, -0.15) is 0 Å². The van der Waals surface area contributed by atoms with E-state index in [4.69, 9.17) is 0 Å². The Morgan fingerprint density at radius 2 is 2.10 bits per heavy atom. The van der Waals surface area contributed by atoms with Crippen LogP contribution in [0.5, 0.6) is 0 Å². The van der Waals surface area contributed by atoms with Crippen molar-refractivity contribution in [1.29, 1.82) is 0 Å².